The van der Waals surface area contributed by atoms with E-state index >= 15 is 0 Å². The van der Waals surface area contributed by atoms with Crippen molar-refractivity contribution in [2.45, 2.75) is 25.6 Å². The number of halogens is 3. The average Bonchev–Trinajstić information content (AvgIpc) is 2.91. The molecule has 0 spiro atoms. The number of fused-ring (bicyclic) bond motifs is 1. The molecule has 2 heterocycles. The zero-order chi connectivity index (χ0) is 19.6. The van der Waals surface area contributed by atoms with Crippen LogP contribution in [0.5, 0.6) is 11.6 Å². The van der Waals surface area contributed by atoms with Gasteiger partial charge < -0.3 is 14.3 Å². The summed E-state index contributed by atoms with van der Waals surface area (Å²) in [4.78, 5) is 22.6. The van der Waals surface area contributed by atoms with Crippen molar-refractivity contribution >= 4 is 22.3 Å². The third-order valence-electron chi connectivity index (χ3n) is 3.83. The van der Waals surface area contributed by atoms with Crippen LogP contribution in [-0.4, -0.2) is 16.3 Å². The first kappa shape index (κ1) is 19.0. The minimum absolute atomic E-state index is 0.0871. The average molecular weight is 401 g/mol. The number of hydrogen-bond donors (Lipinski definition) is 1. The van der Waals surface area contributed by atoms with E-state index in [1.54, 1.807) is 0 Å². The predicted octanol–water partition coefficient (Wildman–Crippen LogP) is 3.60. The number of rotatable bonds is 6. The summed E-state index contributed by atoms with van der Waals surface area (Å²) in [5.74, 6) is 0.177. The van der Waals surface area contributed by atoms with E-state index in [1.165, 1.54) is 28.1 Å². The topological polar surface area (TPSA) is 81.7 Å². The van der Waals surface area contributed by atoms with Gasteiger partial charge in [0.15, 0.2) is 0 Å². The van der Waals surface area contributed by atoms with Gasteiger partial charge in [-0.05, 0) is 25.0 Å². The Balaban J connectivity index is 1.64. The highest BCUT2D eigenvalue weighted by molar-refractivity contribution is 7.07. The highest BCUT2D eigenvalue weighted by atomic mass is 32.1. The lowest BCUT2D eigenvalue weighted by atomic mass is 10.1. The van der Waals surface area contributed by atoms with E-state index in [4.69, 9.17) is 9.15 Å². The molecule has 0 saturated heterocycles. The van der Waals surface area contributed by atoms with Gasteiger partial charge >= 0.3 is 16.7 Å². The van der Waals surface area contributed by atoms with Crippen LogP contribution in [-0.2, 0) is 12.7 Å². The third-order valence-corrected chi connectivity index (χ3v) is 4.58. The molecule has 6 nitrogen and oxygen atoms in total. The Morgan fingerprint density at radius 3 is 2.63 bits per heavy atom. The number of alkyl halides is 3. The molecule has 0 aliphatic heterocycles. The second-order valence-corrected chi connectivity index (χ2v) is 6.52. The first-order chi connectivity index (χ1) is 12.8. The van der Waals surface area contributed by atoms with E-state index in [0.717, 1.165) is 11.3 Å². The van der Waals surface area contributed by atoms with E-state index in [2.05, 4.69) is 0 Å². The van der Waals surface area contributed by atoms with Crippen molar-refractivity contribution in [3.8, 4) is 11.6 Å². The van der Waals surface area contributed by atoms with Crippen LogP contribution in [0.2, 0.25) is 0 Å². The molecule has 0 atom stereocenters. The van der Waals surface area contributed by atoms with Crippen LogP contribution in [0, 0.1) is 0 Å². The van der Waals surface area contributed by atoms with Crippen LogP contribution < -0.4 is 15.2 Å². The van der Waals surface area contributed by atoms with Crippen LogP contribution in [0.3, 0.4) is 0 Å². The molecule has 0 radical (unpaired) electrons. The second kappa shape index (κ2) is 7.47. The Morgan fingerprint density at radius 1 is 1.19 bits per heavy atom. The summed E-state index contributed by atoms with van der Waals surface area (Å²) in [6, 6.07) is 4.22. The predicted molar refractivity (Wildman–Crippen MR) is 92.5 cm³/mol. The quantitative estimate of drug-likeness (QED) is 0.504. The molecular formula is C17H14F3NO5S. The number of thiazole rings is 1. The van der Waals surface area contributed by atoms with Gasteiger partial charge in [-0.1, -0.05) is 11.3 Å². The van der Waals surface area contributed by atoms with E-state index in [0.29, 0.717) is 25.5 Å². The van der Waals surface area contributed by atoms with Gasteiger partial charge in [0, 0.05) is 24.1 Å². The fourth-order valence-electron chi connectivity index (χ4n) is 2.56. The molecule has 10 heteroatoms. The summed E-state index contributed by atoms with van der Waals surface area (Å²) < 4.78 is 50.6. The molecule has 0 aliphatic carbocycles. The van der Waals surface area contributed by atoms with Gasteiger partial charge in [-0.25, -0.2) is 4.79 Å². The third kappa shape index (κ3) is 4.33. The smallest absolute Gasteiger partial charge is 0.417 e. The van der Waals surface area contributed by atoms with Crippen molar-refractivity contribution in [2.75, 3.05) is 6.61 Å². The van der Waals surface area contributed by atoms with Crippen LogP contribution in [0.15, 0.2) is 43.7 Å². The van der Waals surface area contributed by atoms with Crippen molar-refractivity contribution in [1.82, 2.24) is 4.57 Å². The zero-order valence-electron chi connectivity index (χ0n) is 13.8. The van der Waals surface area contributed by atoms with Crippen molar-refractivity contribution in [1.29, 1.82) is 0 Å². The van der Waals surface area contributed by atoms with Crippen molar-refractivity contribution in [3.63, 3.8) is 0 Å². The van der Waals surface area contributed by atoms with Gasteiger partial charge in [-0.3, -0.25) is 9.36 Å². The molecule has 1 aromatic carbocycles. The minimum atomic E-state index is -4.66. The van der Waals surface area contributed by atoms with Gasteiger partial charge in [-0.2, -0.15) is 13.2 Å². The van der Waals surface area contributed by atoms with Gasteiger partial charge in [0.05, 0.1) is 17.6 Å². The van der Waals surface area contributed by atoms with E-state index < -0.39 is 17.4 Å². The maximum Gasteiger partial charge on any atom is 0.417 e. The van der Waals surface area contributed by atoms with E-state index in [9.17, 15) is 27.9 Å². The lowest BCUT2D eigenvalue weighted by molar-refractivity contribution is -0.136. The molecule has 0 unspecified atom stereocenters. The standard InChI is InChI=1S/C17H14F3NO5S/c18-17(19,20)12-8-15(23)26-13-7-10(3-4-11(12)13)25-6-2-1-5-21-14(22)9-27-16(21)24/h3-4,7-9,22H,1-2,5-6H2. The van der Waals surface area contributed by atoms with Gasteiger partial charge in [0.2, 0.25) is 5.88 Å². The monoisotopic (exact) mass is 401 g/mol. The molecule has 0 aliphatic rings. The van der Waals surface area contributed by atoms with E-state index in [-0.39, 0.29) is 34.1 Å². The van der Waals surface area contributed by atoms with Crippen molar-refractivity contribution < 1.29 is 27.4 Å². The molecule has 2 aromatic heterocycles. The summed E-state index contributed by atoms with van der Waals surface area (Å²) in [6.45, 7) is 0.577. The van der Waals surface area contributed by atoms with Crippen LogP contribution in [0.1, 0.15) is 18.4 Å². The summed E-state index contributed by atoms with van der Waals surface area (Å²) in [5.41, 5.74) is -2.35. The fourth-order valence-corrected chi connectivity index (χ4v) is 3.20. The molecule has 0 amide bonds. The summed E-state index contributed by atoms with van der Waals surface area (Å²) in [6.07, 6.45) is -3.56. The molecule has 144 valence electrons. The number of aromatic hydroxyl groups is 1. The highest BCUT2D eigenvalue weighted by Crippen LogP contribution is 2.34. The highest BCUT2D eigenvalue weighted by Gasteiger charge is 2.33. The number of unbranched alkanes of at least 4 members (excludes halogenated alkanes) is 1. The summed E-state index contributed by atoms with van der Waals surface area (Å²) in [7, 11) is 0. The Kier molecular flexibility index (Phi) is 5.26. The first-order valence-corrected chi connectivity index (χ1v) is 8.79. The van der Waals surface area contributed by atoms with Crippen LogP contribution in [0.25, 0.3) is 11.0 Å². The molecular weight excluding hydrogens is 387 g/mol. The largest absolute Gasteiger partial charge is 0.494 e. The zero-order valence-corrected chi connectivity index (χ0v) is 14.6. The molecule has 3 rings (SSSR count). The normalized spacial score (nSPS) is 11.8. The van der Waals surface area contributed by atoms with E-state index in [1.807, 2.05) is 0 Å². The SMILES string of the molecule is O=c1cc(C(F)(F)F)c2ccc(OCCCCn3c(O)csc3=O)cc2o1. The first-order valence-electron chi connectivity index (χ1n) is 7.91. The summed E-state index contributed by atoms with van der Waals surface area (Å²) >= 11 is 0.907. The number of ether oxygens (including phenoxy) is 1. The van der Waals surface area contributed by atoms with Crippen molar-refractivity contribution in [3.05, 3.63) is 55.3 Å². The summed E-state index contributed by atoms with van der Waals surface area (Å²) in [5, 5.41) is 10.6. The molecule has 0 saturated carbocycles. The van der Waals surface area contributed by atoms with Crippen LogP contribution in [0.4, 0.5) is 13.2 Å². The molecule has 3 aromatic rings. The molecule has 0 bridgehead atoms. The molecule has 27 heavy (non-hydrogen) atoms. The number of benzene rings is 1. The Bertz CT molecular complexity index is 1070. The Labute approximate surface area is 154 Å². The lowest BCUT2D eigenvalue weighted by Gasteiger charge is -2.11. The maximum atomic E-state index is 13.0. The number of aromatic nitrogens is 1. The van der Waals surface area contributed by atoms with Gasteiger partial charge in [0.25, 0.3) is 0 Å². The number of hydrogen-bond acceptors (Lipinski definition) is 6. The maximum absolute atomic E-state index is 13.0. The molecule has 0 fully saturated rings. The second-order valence-electron chi connectivity index (χ2n) is 5.70. The fraction of sp³-hybridized carbons (Fsp3) is 0.294. The van der Waals surface area contributed by atoms with Crippen molar-refractivity contribution in [2.24, 2.45) is 0 Å². The number of nitrogens with zero attached hydrogens (tertiary/aromatic N) is 1. The lowest BCUT2D eigenvalue weighted by Crippen LogP contribution is -2.13. The van der Waals surface area contributed by atoms with Gasteiger partial charge in [0.1, 0.15) is 11.3 Å². The molecule has 1 N–H and O–H groups in total. The van der Waals surface area contributed by atoms with Crippen LogP contribution >= 0.6 is 11.3 Å². The Hall–Kier alpha value is -2.75. The minimum Gasteiger partial charge on any atom is -0.494 e. The Morgan fingerprint density at radius 2 is 1.96 bits per heavy atom. The van der Waals surface area contributed by atoms with Gasteiger partial charge in [-0.15, -0.1) is 0 Å².